The molecule has 2 nitrogen and oxygen atoms in total. The van der Waals surface area contributed by atoms with Gasteiger partial charge in [-0.25, -0.2) is 0 Å². The van der Waals surface area contributed by atoms with Crippen LogP contribution < -0.4 is 0 Å². The molecule has 0 radical (unpaired) electrons. The van der Waals surface area contributed by atoms with Gasteiger partial charge in [-0.15, -0.1) is 34.4 Å². The van der Waals surface area contributed by atoms with Crippen molar-refractivity contribution in [1.29, 1.82) is 0 Å². The zero-order valence-electron chi connectivity index (χ0n) is 9.66. The molecular weight excluding hydrogens is 304 g/mol. The molecule has 0 aliphatic rings. The summed E-state index contributed by atoms with van der Waals surface area (Å²) in [6.07, 6.45) is 0.204. The van der Waals surface area contributed by atoms with Crippen molar-refractivity contribution in [3.63, 3.8) is 0 Å². The first-order valence-electron chi connectivity index (χ1n) is 5.33. The van der Waals surface area contributed by atoms with Crippen molar-refractivity contribution in [3.05, 3.63) is 29.6 Å². The van der Waals surface area contributed by atoms with E-state index in [1.54, 1.807) is 46.2 Å². The van der Waals surface area contributed by atoms with E-state index in [9.17, 15) is 4.79 Å². The van der Waals surface area contributed by atoms with Gasteiger partial charge in [0.2, 0.25) is 0 Å². The minimum atomic E-state index is -0.736. The minimum absolute atomic E-state index is 0.112. The maximum Gasteiger partial charge on any atom is 0.304 e. The smallest absolute Gasteiger partial charge is 0.304 e. The third-order valence-corrected chi connectivity index (χ3v) is 6.56. The summed E-state index contributed by atoms with van der Waals surface area (Å²) in [6.45, 7) is 1.95. The molecule has 0 amide bonds. The molecule has 0 aliphatic carbocycles. The topological polar surface area (TPSA) is 37.3 Å². The molecular formula is C12H12O2S4. The summed E-state index contributed by atoms with van der Waals surface area (Å²) in [5, 5.41) is 10.9. The average Bonchev–Trinajstić information content (AvgIpc) is 2.89. The Hall–Kier alpha value is -0.430. The molecule has 2 aromatic rings. The van der Waals surface area contributed by atoms with Crippen LogP contribution >= 0.6 is 46.2 Å². The summed E-state index contributed by atoms with van der Waals surface area (Å²) < 4.78 is 3.72. The van der Waals surface area contributed by atoms with E-state index < -0.39 is 5.97 Å². The van der Waals surface area contributed by atoms with Gasteiger partial charge >= 0.3 is 5.97 Å². The quantitative estimate of drug-likeness (QED) is 0.768. The van der Waals surface area contributed by atoms with Gasteiger partial charge in [-0.05, 0) is 23.6 Å². The van der Waals surface area contributed by atoms with Crippen molar-refractivity contribution < 1.29 is 9.90 Å². The lowest BCUT2D eigenvalue weighted by Crippen LogP contribution is -2.04. The van der Waals surface area contributed by atoms with Crippen LogP contribution in [0.4, 0.5) is 0 Å². The highest BCUT2D eigenvalue weighted by atomic mass is 32.2. The number of rotatable bonds is 6. The lowest BCUT2D eigenvalue weighted by atomic mass is 10.3. The van der Waals surface area contributed by atoms with Gasteiger partial charge in [0, 0.05) is 5.25 Å². The molecule has 0 aliphatic heterocycles. The Kier molecular flexibility index (Phi) is 5.17. The number of carboxylic acid groups (broad SMARTS) is 1. The molecule has 1 N–H and O–H groups in total. The Morgan fingerprint density at radius 1 is 1.33 bits per heavy atom. The molecule has 0 spiro atoms. The average molecular weight is 316 g/mol. The predicted molar refractivity (Wildman–Crippen MR) is 80.3 cm³/mol. The van der Waals surface area contributed by atoms with Crippen molar-refractivity contribution in [3.8, 4) is 0 Å². The summed E-state index contributed by atoms with van der Waals surface area (Å²) in [7, 11) is 0. The number of aliphatic carboxylic acids is 1. The van der Waals surface area contributed by atoms with Gasteiger partial charge in [0.15, 0.2) is 0 Å². The van der Waals surface area contributed by atoms with E-state index in [0.29, 0.717) is 0 Å². The third-order valence-electron chi connectivity index (χ3n) is 2.03. The van der Waals surface area contributed by atoms with Crippen molar-refractivity contribution in [1.82, 2.24) is 0 Å². The van der Waals surface area contributed by atoms with Gasteiger partial charge in [-0.2, -0.15) is 0 Å². The number of thioether (sulfide) groups is 1. The highest BCUT2D eigenvalue weighted by molar-refractivity contribution is 8.04. The van der Waals surface area contributed by atoms with E-state index in [2.05, 4.69) is 23.6 Å². The number of hydrogen-bond acceptors (Lipinski definition) is 5. The van der Waals surface area contributed by atoms with Crippen LogP contribution in [0.3, 0.4) is 0 Å². The Labute approximate surface area is 122 Å². The second kappa shape index (κ2) is 6.65. The van der Waals surface area contributed by atoms with Crippen LogP contribution in [0, 0.1) is 0 Å². The van der Waals surface area contributed by atoms with Crippen LogP contribution in [0.15, 0.2) is 42.3 Å². The Balaban J connectivity index is 1.91. The van der Waals surface area contributed by atoms with Crippen LogP contribution in [0.1, 0.15) is 13.3 Å². The molecule has 6 heteroatoms. The molecule has 0 aromatic carbocycles. The molecule has 96 valence electrons. The standard InChI is InChI=1S/C12H12O2S4/c1-8(7-9(13)14)16-11-4-5-12(18-11)17-10-3-2-6-15-10/h2-6,8H,7H2,1H3,(H,13,14). The molecule has 1 atom stereocenters. The largest absolute Gasteiger partial charge is 0.481 e. The van der Waals surface area contributed by atoms with Crippen LogP contribution in [0.25, 0.3) is 0 Å². The zero-order chi connectivity index (χ0) is 13.0. The fourth-order valence-electron chi connectivity index (χ4n) is 1.33. The SMILES string of the molecule is CC(CC(=O)O)Sc1ccc(Sc2cccs2)s1. The van der Waals surface area contributed by atoms with E-state index in [-0.39, 0.29) is 11.7 Å². The fourth-order valence-corrected chi connectivity index (χ4v) is 6.10. The number of hydrogen-bond donors (Lipinski definition) is 1. The van der Waals surface area contributed by atoms with Crippen LogP contribution in [0.5, 0.6) is 0 Å². The lowest BCUT2D eigenvalue weighted by Gasteiger charge is -2.05. The van der Waals surface area contributed by atoms with Gasteiger partial charge in [0.25, 0.3) is 0 Å². The first kappa shape index (κ1) is 14.0. The van der Waals surface area contributed by atoms with Crippen molar-refractivity contribution in [2.75, 3.05) is 0 Å². The molecule has 0 saturated carbocycles. The molecule has 1 unspecified atom stereocenters. The van der Waals surface area contributed by atoms with Gasteiger partial charge < -0.3 is 5.11 Å². The molecule has 0 saturated heterocycles. The van der Waals surface area contributed by atoms with E-state index in [1.807, 2.05) is 13.0 Å². The molecule has 2 aromatic heterocycles. The fraction of sp³-hybridized carbons (Fsp3) is 0.250. The third kappa shape index (κ3) is 4.35. The van der Waals surface area contributed by atoms with E-state index in [1.165, 1.54) is 12.6 Å². The summed E-state index contributed by atoms with van der Waals surface area (Å²) in [5.74, 6) is -0.736. The Morgan fingerprint density at radius 2 is 2.11 bits per heavy atom. The molecule has 18 heavy (non-hydrogen) atoms. The van der Waals surface area contributed by atoms with Gasteiger partial charge in [0.05, 0.1) is 19.0 Å². The van der Waals surface area contributed by atoms with Crippen LogP contribution in [0.2, 0.25) is 0 Å². The van der Waals surface area contributed by atoms with Gasteiger partial charge in [-0.1, -0.05) is 24.8 Å². The van der Waals surface area contributed by atoms with Gasteiger partial charge in [0.1, 0.15) is 0 Å². The number of carboxylic acids is 1. The molecule has 0 bridgehead atoms. The monoisotopic (exact) mass is 316 g/mol. The zero-order valence-corrected chi connectivity index (χ0v) is 12.9. The summed E-state index contributed by atoms with van der Waals surface area (Å²) in [4.78, 5) is 10.6. The summed E-state index contributed by atoms with van der Waals surface area (Å²) in [6, 6.07) is 8.33. The predicted octanol–water partition coefficient (Wildman–Crippen LogP) is 4.92. The first-order chi connectivity index (χ1) is 8.63. The molecule has 0 fully saturated rings. The highest BCUT2D eigenvalue weighted by Crippen LogP contribution is 2.40. The first-order valence-corrected chi connectivity index (χ1v) is 8.72. The minimum Gasteiger partial charge on any atom is -0.481 e. The second-order valence-electron chi connectivity index (χ2n) is 3.63. The molecule has 2 rings (SSSR count). The van der Waals surface area contributed by atoms with Crippen LogP contribution in [-0.2, 0) is 4.79 Å². The van der Waals surface area contributed by atoms with Crippen molar-refractivity contribution in [2.45, 2.75) is 31.2 Å². The van der Waals surface area contributed by atoms with E-state index in [0.717, 1.165) is 0 Å². The Bertz CT molecular complexity index is 504. The van der Waals surface area contributed by atoms with Gasteiger partial charge in [-0.3, -0.25) is 4.79 Å². The molecule has 2 heterocycles. The Morgan fingerprint density at radius 3 is 2.78 bits per heavy atom. The maximum atomic E-state index is 10.6. The number of thiophene rings is 2. The van der Waals surface area contributed by atoms with Crippen molar-refractivity contribution in [2.24, 2.45) is 0 Å². The lowest BCUT2D eigenvalue weighted by molar-refractivity contribution is -0.136. The van der Waals surface area contributed by atoms with Crippen molar-refractivity contribution >= 4 is 52.2 Å². The highest BCUT2D eigenvalue weighted by Gasteiger charge is 2.11. The summed E-state index contributed by atoms with van der Waals surface area (Å²) in [5.41, 5.74) is 0. The summed E-state index contributed by atoms with van der Waals surface area (Å²) >= 11 is 6.86. The normalized spacial score (nSPS) is 12.5. The van der Waals surface area contributed by atoms with E-state index in [4.69, 9.17) is 5.11 Å². The number of carbonyl (C=O) groups is 1. The maximum absolute atomic E-state index is 10.6. The second-order valence-corrected chi connectivity index (χ2v) is 9.00. The van der Waals surface area contributed by atoms with E-state index >= 15 is 0 Å². The van der Waals surface area contributed by atoms with Crippen LogP contribution in [-0.4, -0.2) is 16.3 Å².